The number of rotatable bonds is 7. The molecule has 1 atom stereocenters. The van der Waals surface area contributed by atoms with Crippen molar-refractivity contribution in [3.63, 3.8) is 0 Å². The normalized spacial score (nSPS) is 17.7. The molecule has 3 N–H and O–H groups in total. The van der Waals surface area contributed by atoms with Crippen molar-refractivity contribution in [2.45, 2.75) is 18.9 Å². The Morgan fingerprint density at radius 3 is 2.66 bits per heavy atom. The molecule has 182 valence electrons. The minimum atomic E-state index is -0.105. The Morgan fingerprint density at radius 1 is 1.11 bits per heavy atom. The number of methoxy groups -OCH3 is 1. The van der Waals surface area contributed by atoms with Gasteiger partial charge in [-0.15, -0.1) is 0 Å². The molecule has 2 fully saturated rings. The van der Waals surface area contributed by atoms with Crippen LogP contribution >= 0.6 is 0 Å². The van der Waals surface area contributed by atoms with E-state index < -0.39 is 0 Å². The Kier molecular flexibility index (Phi) is 7.06. The molecule has 9 heteroatoms. The molecule has 35 heavy (non-hydrogen) atoms. The van der Waals surface area contributed by atoms with Crippen LogP contribution in [0.5, 0.6) is 5.75 Å². The highest BCUT2D eigenvalue weighted by atomic mass is 16.5. The summed E-state index contributed by atoms with van der Waals surface area (Å²) in [4.78, 5) is 23.6. The van der Waals surface area contributed by atoms with E-state index in [2.05, 4.69) is 30.8 Å². The molecule has 9 nitrogen and oxygen atoms in total. The quantitative estimate of drug-likeness (QED) is 0.479. The van der Waals surface area contributed by atoms with E-state index in [1.165, 1.54) is 0 Å². The van der Waals surface area contributed by atoms with Crippen LogP contribution < -0.4 is 25.6 Å². The smallest absolute Gasteiger partial charge is 0.241 e. The largest absolute Gasteiger partial charge is 0.495 e. The molecule has 0 spiro atoms. The number of benzene rings is 2. The van der Waals surface area contributed by atoms with Crippen LogP contribution in [0.4, 0.5) is 23.0 Å². The first kappa shape index (κ1) is 23.1. The van der Waals surface area contributed by atoms with Crippen molar-refractivity contribution in [2.24, 2.45) is 0 Å². The van der Waals surface area contributed by atoms with Gasteiger partial charge in [-0.1, -0.05) is 12.1 Å². The lowest BCUT2D eigenvalue weighted by Crippen LogP contribution is -2.36. The van der Waals surface area contributed by atoms with Crippen LogP contribution in [0.25, 0.3) is 11.3 Å². The van der Waals surface area contributed by atoms with E-state index in [1.54, 1.807) is 13.3 Å². The second-order valence-electron chi connectivity index (χ2n) is 8.59. The first-order chi connectivity index (χ1) is 17.2. The van der Waals surface area contributed by atoms with E-state index in [1.807, 2.05) is 48.5 Å². The summed E-state index contributed by atoms with van der Waals surface area (Å²) < 4.78 is 11.1. The van der Waals surface area contributed by atoms with Gasteiger partial charge in [0.1, 0.15) is 5.75 Å². The number of nitrogens with one attached hydrogen (secondary N) is 3. The molecule has 0 radical (unpaired) electrons. The number of morpholine rings is 1. The van der Waals surface area contributed by atoms with Crippen LogP contribution in [0.2, 0.25) is 0 Å². The number of carbonyl (C=O) groups excluding carboxylic acids is 1. The van der Waals surface area contributed by atoms with Crippen LogP contribution in [0.15, 0.2) is 54.7 Å². The average molecular weight is 475 g/mol. The zero-order valence-corrected chi connectivity index (χ0v) is 19.8. The van der Waals surface area contributed by atoms with Gasteiger partial charge in [0.15, 0.2) is 0 Å². The van der Waals surface area contributed by atoms with Crippen LogP contribution in [0.1, 0.15) is 12.8 Å². The predicted octanol–water partition coefficient (Wildman–Crippen LogP) is 3.42. The fourth-order valence-electron chi connectivity index (χ4n) is 4.39. The van der Waals surface area contributed by atoms with Gasteiger partial charge in [0.05, 0.1) is 37.7 Å². The monoisotopic (exact) mass is 474 g/mol. The number of hydrogen-bond acceptors (Lipinski definition) is 8. The highest BCUT2D eigenvalue weighted by Crippen LogP contribution is 2.32. The van der Waals surface area contributed by atoms with E-state index in [-0.39, 0.29) is 11.9 Å². The summed E-state index contributed by atoms with van der Waals surface area (Å²) in [5.74, 6) is 1.30. The fourth-order valence-corrected chi connectivity index (χ4v) is 4.39. The molecule has 2 aliphatic heterocycles. The summed E-state index contributed by atoms with van der Waals surface area (Å²) in [7, 11) is 1.68. The molecule has 1 aromatic heterocycles. The number of aromatic nitrogens is 2. The van der Waals surface area contributed by atoms with E-state index in [4.69, 9.17) is 9.47 Å². The standard InChI is InChI=1S/C26H30N6O3/c1-34-24-17-20(8-9-23(24)32-13-15-35-16-14-32)30-26-28-12-10-21(31-26)18-4-6-19(7-5-18)29-25(33)22-3-2-11-27-22/h4-10,12,17,22,27H,2-3,11,13-16H2,1H3,(H,29,33)(H,28,30,31)/t22-/m1/s1. The first-order valence-corrected chi connectivity index (χ1v) is 11.9. The molecule has 2 aliphatic rings. The fraction of sp³-hybridized carbons (Fsp3) is 0.346. The third kappa shape index (κ3) is 5.52. The third-order valence-electron chi connectivity index (χ3n) is 6.27. The van der Waals surface area contributed by atoms with Crippen molar-refractivity contribution in [1.29, 1.82) is 0 Å². The van der Waals surface area contributed by atoms with E-state index in [0.717, 1.165) is 79.8 Å². The van der Waals surface area contributed by atoms with E-state index in [0.29, 0.717) is 5.95 Å². The number of hydrogen-bond donors (Lipinski definition) is 3. The van der Waals surface area contributed by atoms with Gasteiger partial charge in [-0.25, -0.2) is 9.97 Å². The topological polar surface area (TPSA) is 101 Å². The average Bonchev–Trinajstić information content (AvgIpc) is 3.45. The van der Waals surface area contributed by atoms with Gasteiger partial charge < -0.3 is 30.3 Å². The zero-order valence-electron chi connectivity index (χ0n) is 19.8. The highest BCUT2D eigenvalue weighted by Gasteiger charge is 2.22. The van der Waals surface area contributed by atoms with Crippen LogP contribution in [0, 0.1) is 0 Å². The summed E-state index contributed by atoms with van der Waals surface area (Å²) in [6, 6.07) is 15.4. The summed E-state index contributed by atoms with van der Waals surface area (Å²) in [5.41, 5.74) is 4.39. The Hall–Kier alpha value is -3.69. The summed E-state index contributed by atoms with van der Waals surface area (Å²) in [6.07, 6.45) is 3.64. The zero-order chi connectivity index (χ0) is 24.0. The lowest BCUT2D eigenvalue weighted by atomic mass is 10.1. The Labute approximate surface area is 204 Å². The number of carbonyl (C=O) groups is 1. The third-order valence-corrected chi connectivity index (χ3v) is 6.27. The lowest BCUT2D eigenvalue weighted by Gasteiger charge is -2.30. The maximum absolute atomic E-state index is 12.3. The van der Waals surface area contributed by atoms with Crippen molar-refractivity contribution in [3.8, 4) is 17.0 Å². The maximum atomic E-state index is 12.3. The van der Waals surface area contributed by atoms with E-state index >= 15 is 0 Å². The number of ether oxygens (including phenoxy) is 2. The van der Waals surface area contributed by atoms with Gasteiger partial charge in [-0.05, 0) is 49.7 Å². The molecule has 5 rings (SSSR count). The second kappa shape index (κ2) is 10.7. The molecule has 2 aromatic carbocycles. The minimum absolute atomic E-state index is 0.0128. The molecule has 0 saturated carbocycles. The highest BCUT2D eigenvalue weighted by molar-refractivity contribution is 5.95. The first-order valence-electron chi connectivity index (χ1n) is 11.9. The SMILES string of the molecule is COc1cc(Nc2nccc(-c3ccc(NC(=O)[C@H]4CCCN4)cc3)n2)ccc1N1CCOCC1. The molecule has 3 heterocycles. The molecular weight excluding hydrogens is 444 g/mol. The van der Waals surface area contributed by atoms with E-state index in [9.17, 15) is 4.79 Å². The van der Waals surface area contributed by atoms with Gasteiger partial charge in [0.25, 0.3) is 0 Å². The minimum Gasteiger partial charge on any atom is -0.495 e. The van der Waals surface area contributed by atoms with Crippen LogP contribution in [0.3, 0.4) is 0 Å². The van der Waals surface area contributed by atoms with Crippen molar-refractivity contribution in [1.82, 2.24) is 15.3 Å². The van der Waals surface area contributed by atoms with Gasteiger partial charge in [-0.2, -0.15) is 0 Å². The van der Waals surface area contributed by atoms with Gasteiger partial charge >= 0.3 is 0 Å². The Balaban J connectivity index is 1.27. The molecule has 2 saturated heterocycles. The predicted molar refractivity (Wildman–Crippen MR) is 136 cm³/mol. The van der Waals surface area contributed by atoms with Crippen LogP contribution in [-0.2, 0) is 9.53 Å². The molecule has 0 aliphatic carbocycles. The van der Waals surface area contributed by atoms with Crippen molar-refractivity contribution < 1.29 is 14.3 Å². The molecule has 3 aromatic rings. The molecular formula is C26H30N6O3. The maximum Gasteiger partial charge on any atom is 0.241 e. The van der Waals surface area contributed by atoms with Gasteiger partial charge in [0, 0.05) is 42.3 Å². The summed E-state index contributed by atoms with van der Waals surface area (Å²) in [6.45, 7) is 4.01. The van der Waals surface area contributed by atoms with Crippen molar-refractivity contribution in [2.75, 3.05) is 55.5 Å². The van der Waals surface area contributed by atoms with Gasteiger partial charge in [-0.3, -0.25) is 4.79 Å². The van der Waals surface area contributed by atoms with Crippen molar-refractivity contribution in [3.05, 3.63) is 54.7 Å². The summed E-state index contributed by atoms with van der Waals surface area (Å²) in [5, 5.41) is 9.47. The molecule has 0 bridgehead atoms. The Morgan fingerprint density at radius 2 is 1.91 bits per heavy atom. The van der Waals surface area contributed by atoms with Crippen LogP contribution in [-0.4, -0.2) is 61.9 Å². The van der Waals surface area contributed by atoms with Gasteiger partial charge in [0.2, 0.25) is 11.9 Å². The number of amides is 1. The molecule has 0 unspecified atom stereocenters. The number of anilines is 4. The Bertz CT molecular complexity index is 1160. The van der Waals surface area contributed by atoms with Crippen molar-refractivity contribution >= 4 is 28.9 Å². The lowest BCUT2D eigenvalue weighted by molar-refractivity contribution is -0.117. The molecule has 1 amide bonds. The summed E-state index contributed by atoms with van der Waals surface area (Å²) >= 11 is 0. The number of nitrogens with zero attached hydrogens (tertiary/aromatic N) is 3. The second-order valence-corrected chi connectivity index (χ2v) is 8.59.